The van der Waals surface area contributed by atoms with Gasteiger partial charge >= 0.3 is 0 Å². The smallest absolute Gasteiger partial charge is 0.0652 e. The van der Waals surface area contributed by atoms with E-state index in [4.69, 9.17) is 34.8 Å². The van der Waals surface area contributed by atoms with Crippen LogP contribution in [0.5, 0.6) is 0 Å². The number of hydrogen-bond acceptors (Lipinski definition) is 1. The summed E-state index contributed by atoms with van der Waals surface area (Å²) in [7, 11) is 0. The first-order valence-electron chi connectivity index (χ1n) is 5.42. The summed E-state index contributed by atoms with van der Waals surface area (Å²) in [5, 5.41) is 5.17. The minimum atomic E-state index is 0.558. The molecule has 0 aromatic heterocycles. The van der Waals surface area contributed by atoms with Crippen LogP contribution in [-0.4, -0.2) is 6.54 Å². The summed E-state index contributed by atoms with van der Waals surface area (Å²) in [6, 6.07) is 3.51. The lowest BCUT2D eigenvalue weighted by Crippen LogP contribution is -2.17. The molecule has 1 aromatic rings. The Morgan fingerprint density at radius 2 is 1.88 bits per heavy atom. The summed E-state index contributed by atoms with van der Waals surface area (Å²) >= 11 is 18.1. The summed E-state index contributed by atoms with van der Waals surface area (Å²) < 4.78 is 0. The van der Waals surface area contributed by atoms with Crippen molar-refractivity contribution in [1.29, 1.82) is 0 Å². The standard InChI is InChI=1S/C12H14Cl3N/c1-7-4-8(7)5-16-6-9-10(13)2-3-11(14)12(9)15/h2-3,7-8,16H,4-6H2,1H3. The van der Waals surface area contributed by atoms with E-state index in [1.807, 2.05) is 0 Å². The van der Waals surface area contributed by atoms with Gasteiger partial charge in [0.05, 0.1) is 10.0 Å². The highest BCUT2D eigenvalue weighted by Crippen LogP contribution is 2.37. The molecule has 1 saturated carbocycles. The van der Waals surface area contributed by atoms with Gasteiger partial charge < -0.3 is 5.32 Å². The molecule has 0 heterocycles. The number of rotatable bonds is 4. The van der Waals surface area contributed by atoms with Gasteiger partial charge in [-0.1, -0.05) is 41.7 Å². The predicted octanol–water partition coefficient (Wildman–Crippen LogP) is 4.39. The second-order valence-corrected chi connectivity index (χ2v) is 5.62. The van der Waals surface area contributed by atoms with Crippen molar-refractivity contribution in [2.24, 2.45) is 11.8 Å². The van der Waals surface area contributed by atoms with Crippen molar-refractivity contribution in [3.8, 4) is 0 Å². The van der Waals surface area contributed by atoms with Gasteiger partial charge in [-0.2, -0.15) is 0 Å². The molecule has 1 aliphatic carbocycles. The lowest BCUT2D eigenvalue weighted by atomic mass is 10.2. The fourth-order valence-electron chi connectivity index (χ4n) is 1.80. The van der Waals surface area contributed by atoms with Gasteiger partial charge in [-0.25, -0.2) is 0 Å². The molecule has 2 unspecified atom stereocenters. The Morgan fingerprint density at radius 3 is 2.50 bits per heavy atom. The lowest BCUT2D eigenvalue weighted by Gasteiger charge is -2.09. The van der Waals surface area contributed by atoms with Crippen LogP contribution < -0.4 is 5.32 Å². The molecule has 88 valence electrons. The third-order valence-electron chi connectivity index (χ3n) is 3.12. The van der Waals surface area contributed by atoms with E-state index in [1.54, 1.807) is 12.1 Å². The minimum Gasteiger partial charge on any atom is -0.312 e. The first kappa shape index (κ1) is 12.5. The molecule has 2 rings (SSSR count). The molecule has 1 fully saturated rings. The molecule has 0 amide bonds. The second kappa shape index (κ2) is 5.14. The van der Waals surface area contributed by atoms with Gasteiger partial charge in [-0.15, -0.1) is 0 Å². The Hall–Kier alpha value is 0.0500. The molecule has 0 bridgehead atoms. The van der Waals surface area contributed by atoms with E-state index in [0.29, 0.717) is 21.6 Å². The van der Waals surface area contributed by atoms with Crippen molar-refractivity contribution < 1.29 is 0 Å². The summed E-state index contributed by atoms with van der Waals surface area (Å²) in [6.07, 6.45) is 1.32. The normalized spacial score (nSPS) is 23.5. The van der Waals surface area contributed by atoms with Crippen LogP contribution in [0.3, 0.4) is 0 Å². The van der Waals surface area contributed by atoms with Gasteiger partial charge in [0.25, 0.3) is 0 Å². The van der Waals surface area contributed by atoms with E-state index in [-0.39, 0.29) is 0 Å². The quantitative estimate of drug-likeness (QED) is 0.805. The molecule has 1 aliphatic rings. The maximum Gasteiger partial charge on any atom is 0.0652 e. The Kier molecular flexibility index (Phi) is 4.01. The molecular formula is C12H14Cl3N. The zero-order valence-corrected chi connectivity index (χ0v) is 11.3. The molecule has 16 heavy (non-hydrogen) atoms. The predicted molar refractivity (Wildman–Crippen MR) is 70.4 cm³/mol. The zero-order chi connectivity index (χ0) is 11.7. The highest BCUT2D eigenvalue weighted by atomic mass is 35.5. The van der Waals surface area contributed by atoms with Gasteiger partial charge in [-0.3, -0.25) is 0 Å². The Labute approximate surface area is 111 Å². The van der Waals surface area contributed by atoms with Crippen molar-refractivity contribution >= 4 is 34.8 Å². The largest absolute Gasteiger partial charge is 0.312 e. The molecule has 0 aliphatic heterocycles. The fraction of sp³-hybridized carbons (Fsp3) is 0.500. The Morgan fingerprint density at radius 1 is 1.25 bits per heavy atom. The van der Waals surface area contributed by atoms with E-state index >= 15 is 0 Å². The molecule has 1 nitrogen and oxygen atoms in total. The van der Waals surface area contributed by atoms with Crippen LogP contribution in [0, 0.1) is 11.8 Å². The van der Waals surface area contributed by atoms with Crippen molar-refractivity contribution in [2.45, 2.75) is 19.9 Å². The summed E-state index contributed by atoms with van der Waals surface area (Å²) in [5.74, 6) is 1.68. The summed E-state index contributed by atoms with van der Waals surface area (Å²) in [5.41, 5.74) is 0.893. The topological polar surface area (TPSA) is 12.0 Å². The molecule has 2 atom stereocenters. The summed E-state index contributed by atoms with van der Waals surface area (Å²) in [4.78, 5) is 0. The number of nitrogens with one attached hydrogen (secondary N) is 1. The van der Waals surface area contributed by atoms with Crippen molar-refractivity contribution in [3.63, 3.8) is 0 Å². The highest BCUT2D eigenvalue weighted by Gasteiger charge is 2.31. The van der Waals surface area contributed by atoms with Crippen LogP contribution >= 0.6 is 34.8 Å². The highest BCUT2D eigenvalue weighted by molar-refractivity contribution is 6.44. The third-order valence-corrected chi connectivity index (χ3v) is 4.32. The van der Waals surface area contributed by atoms with E-state index in [1.165, 1.54) is 6.42 Å². The van der Waals surface area contributed by atoms with E-state index < -0.39 is 0 Å². The molecule has 0 radical (unpaired) electrons. The van der Waals surface area contributed by atoms with Crippen molar-refractivity contribution in [3.05, 3.63) is 32.8 Å². The van der Waals surface area contributed by atoms with Crippen LogP contribution in [-0.2, 0) is 6.54 Å². The van der Waals surface area contributed by atoms with Crippen molar-refractivity contribution in [1.82, 2.24) is 5.32 Å². The monoisotopic (exact) mass is 277 g/mol. The van der Waals surface area contributed by atoms with Gasteiger partial charge in [-0.05, 0) is 36.9 Å². The SMILES string of the molecule is CC1CC1CNCc1c(Cl)ccc(Cl)c1Cl. The fourth-order valence-corrected chi connectivity index (χ4v) is 2.48. The average molecular weight is 279 g/mol. The zero-order valence-electron chi connectivity index (χ0n) is 9.06. The lowest BCUT2D eigenvalue weighted by molar-refractivity contribution is 0.612. The second-order valence-electron chi connectivity index (χ2n) is 4.43. The maximum atomic E-state index is 6.10. The maximum absolute atomic E-state index is 6.10. The first-order chi connectivity index (χ1) is 7.59. The molecule has 0 saturated heterocycles. The molecular weight excluding hydrogens is 264 g/mol. The van der Waals surface area contributed by atoms with Crippen LogP contribution in [0.1, 0.15) is 18.9 Å². The molecule has 4 heteroatoms. The molecule has 1 N–H and O–H groups in total. The van der Waals surface area contributed by atoms with Gasteiger partial charge in [0.15, 0.2) is 0 Å². The summed E-state index contributed by atoms with van der Waals surface area (Å²) in [6.45, 7) is 3.98. The third kappa shape index (κ3) is 2.84. The van der Waals surface area contributed by atoms with Gasteiger partial charge in [0.1, 0.15) is 0 Å². The van der Waals surface area contributed by atoms with Crippen LogP contribution in [0.4, 0.5) is 0 Å². The molecule has 1 aromatic carbocycles. The Bertz CT molecular complexity index is 392. The van der Waals surface area contributed by atoms with Gasteiger partial charge in [0, 0.05) is 17.1 Å². The van der Waals surface area contributed by atoms with E-state index in [2.05, 4.69) is 12.2 Å². The van der Waals surface area contributed by atoms with Crippen LogP contribution in [0.25, 0.3) is 0 Å². The van der Waals surface area contributed by atoms with Gasteiger partial charge in [0.2, 0.25) is 0 Å². The van der Waals surface area contributed by atoms with E-state index in [9.17, 15) is 0 Å². The van der Waals surface area contributed by atoms with Crippen LogP contribution in [0.2, 0.25) is 15.1 Å². The Balaban J connectivity index is 1.95. The first-order valence-corrected chi connectivity index (χ1v) is 6.56. The van der Waals surface area contributed by atoms with E-state index in [0.717, 1.165) is 23.9 Å². The molecule has 0 spiro atoms. The van der Waals surface area contributed by atoms with Crippen molar-refractivity contribution in [2.75, 3.05) is 6.54 Å². The minimum absolute atomic E-state index is 0.558. The van der Waals surface area contributed by atoms with Crippen LogP contribution in [0.15, 0.2) is 12.1 Å². The number of benzene rings is 1. The average Bonchev–Trinajstić information content (AvgIpc) is 2.94. The number of halogens is 3. The number of hydrogen-bond donors (Lipinski definition) is 1.